The summed E-state index contributed by atoms with van der Waals surface area (Å²) in [6, 6.07) is 18.5. The minimum atomic E-state index is -0.825. The van der Waals surface area contributed by atoms with E-state index in [2.05, 4.69) is 22.5 Å². The SMILES string of the molecule is [CH2]CCNC(=NC(=O)OCc1ccccc1)NC(=O)OCc1ccccc1. The Balaban J connectivity index is 1.87. The Morgan fingerprint density at radius 1 is 0.889 bits per heavy atom. The second-order valence-corrected chi connectivity index (χ2v) is 5.47. The molecule has 0 unspecified atom stereocenters. The van der Waals surface area contributed by atoms with Crippen LogP contribution in [-0.2, 0) is 22.7 Å². The monoisotopic (exact) mass is 368 g/mol. The highest BCUT2D eigenvalue weighted by molar-refractivity contribution is 5.98. The fourth-order valence-corrected chi connectivity index (χ4v) is 2.02. The zero-order valence-corrected chi connectivity index (χ0v) is 14.9. The Morgan fingerprint density at radius 3 is 2.00 bits per heavy atom. The third kappa shape index (κ3) is 8.04. The lowest BCUT2D eigenvalue weighted by Crippen LogP contribution is -2.42. The van der Waals surface area contributed by atoms with Crippen LogP contribution in [0.25, 0.3) is 0 Å². The molecule has 1 radical (unpaired) electrons. The van der Waals surface area contributed by atoms with E-state index in [-0.39, 0.29) is 19.2 Å². The van der Waals surface area contributed by atoms with Gasteiger partial charge in [-0.2, -0.15) is 0 Å². The van der Waals surface area contributed by atoms with Gasteiger partial charge in [-0.25, -0.2) is 9.59 Å². The van der Waals surface area contributed by atoms with E-state index in [9.17, 15) is 9.59 Å². The van der Waals surface area contributed by atoms with E-state index < -0.39 is 12.2 Å². The van der Waals surface area contributed by atoms with Crippen molar-refractivity contribution in [1.82, 2.24) is 10.6 Å². The minimum absolute atomic E-state index is 0.0465. The molecule has 2 aromatic rings. The van der Waals surface area contributed by atoms with Crippen molar-refractivity contribution in [1.29, 1.82) is 0 Å². The van der Waals surface area contributed by atoms with Gasteiger partial charge in [-0.1, -0.05) is 67.6 Å². The van der Waals surface area contributed by atoms with Gasteiger partial charge in [-0.05, 0) is 17.5 Å². The third-order valence-corrected chi connectivity index (χ3v) is 3.31. The molecule has 2 rings (SSSR count). The lowest BCUT2D eigenvalue weighted by molar-refractivity contribution is 0.144. The molecule has 2 aromatic carbocycles. The number of guanidine groups is 1. The zero-order valence-electron chi connectivity index (χ0n) is 14.9. The Bertz CT molecular complexity index is 748. The number of ether oxygens (including phenoxy) is 2. The molecule has 0 heterocycles. The van der Waals surface area contributed by atoms with Crippen molar-refractivity contribution in [2.75, 3.05) is 6.54 Å². The smallest absolute Gasteiger partial charge is 0.437 e. The average molecular weight is 368 g/mol. The van der Waals surface area contributed by atoms with Gasteiger partial charge in [0.05, 0.1) is 0 Å². The van der Waals surface area contributed by atoms with Crippen molar-refractivity contribution in [3.8, 4) is 0 Å². The van der Waals surface area contributed by atoms with E-state index in [4.69, 9.17) is 9.47 Å². The first-order valence-electron chi connectivity index (χ1n) is 8.47. The van der Waals surface area contributed by atoms with Crippen molar-refractivity contribution in [3.05, 3.63) is 78.7 Å². The quantitative estimate of drug-likeness (QED) is 0.602. The molecule has 0 atom stereocenters. The molecule has 141 valence electrons. The molecular formula is C20H22N3O4. The van der Waals surface area contributed by atoms with E-state index >= 15 is 0 Å². The van der Waals surface area contributed by atoms with Crippen molar-refractivity contribution >= 4 is 18.1 Å². The minimum Gasteiger partial charge on any atom is -0.444 e. The number of hydrogen-bond donors (Lipinski definition) is 2. The Hall–Kier alpha value is -3.35. The van der Waals surface area contributed by atoms with Crippen LogP contribution in [0.2, 0.25) is 0 Å². The van der Waals surface area contributed by atoms with E-state index in [1.807, 2.05) is 60.7 Å². The summed E-state index contributed by atoms with van der Waals surface area (Å²) < 4.78 is 10.2. The molecule has 2 amide bonds. The average Bonchev–Trinajstić information content (AvgIpc) is 2.70. The van der Waals surface area contributed by atoms with E-state index in [0.29, 0.717) is 13.0 Å². The highest BCUT2D eigenvalue weighted by Crippen LogP contribution is 2.02. The molecule has 27 heavy (non-hydrogen) atoms. The molecule has 0 saturated carbocycles. The first-order valence-corrected chi connectivity index (χ1v) is 8.47. The molecule has 0 saturated heterocycles. The van der Waals surface area contributed by atoms with Crippen LogP contribution in [0.4, 0.5) is 9.59 Å². The van der Waals surface area contributed by atoms with Crippen LogP contribution in [0.1, 0.15) is 17.5 Å². The lowest BCUT2D eigenvalue weighted by Gasteiger charge is -2.11. The van der Waals surface area contributed by atoms with Crippen molar-refractivity contribution in [2.24, 2.45) is 4.99 Å². The Labute approximate surface area is 158 Å². The van der Waals surface area contributed by atoms with Crippen molar-refractivity contribution in [2.45, 2.75) is 19.6 Å². The number of alkyl carbamates (subject to hydrolysis) is 1. The number of rotatable bonds is 6. The fourth-order valence-electron chi connectivity index (χ4n) is 2.02. The second-order valence-electron chi connectivity index (χ2n) is 5.47. The van der Waals surface area contributed by atoms with Gasteiger partial charge >= 0.3 is 12.2 Å². The highest BCUT2D eigenvalue weighted by Gasteiger charge is 2.10. The summed E-state index contributed by atoms with van der Waals surface area (Å²) in [6.07, 6.45) is -1.02. The first-order chi connectivity index (χ1) is 13.2. The van der Waals surface area contributed by atoms with Gasteiger partial charge in [0.1, 0.15) is 13.2 Å². The van der Waals surface area contributed by atoms with Gasteiger partial charge in [-0.15, -0.1) is 4.99 Å². The van der Waals surface area contributed by atoms with E-state index in [0.717, 1.165) is 11.1 Å². The van der Waals surface area contributed by atoms with Crippen LogP contribution in [0.3, 0.4) is 0 Å². The number of carbonyl (C=O) groups excluding carboxylic acids is 2. The predicted molar refractivity (Wildman–Crippen MR) is 102 cm³/mol. The van der Waals surface area contributed by atoms with E-state index in [1.165, 1.54) is 0 Å². The number of amides is 2. The molecule has 0 aromatic heterocycles. The van der Waals surface area contributed by atoms with E-state index in [1.54, 1.807) is 0 Å². The summed E-state index contributed by atoms with van der Waals surface area (Å²) in [5.74, 6) is -0.0465. The van der Waals surface area contributed by atoms with Crippen LogP contribution in [0.5, 0.6) is 0 Å². The standard InChI is InChI=1S/C20H22N3O4/c1-2-13-21-18(22-19(24)26-14-16-9-5-3-6-10-16)23-20(25)27-15-17-11-7-4-8-12-17/h3-12H,1-2,13-15H2,(H2,21,22,23,24,25). The number of nitrogens with one attached hydrogen (secondary N) is 2. The molecule has 2 N–H and O–H groups in total. The van der Waals surface area contributed by atoms with Crippen LogP contribution >= 0.6 is 0 Å². The molecule has 0 bridgehead atoms. The molecule has 0 fully saturated rings. The predicted octanol–water partition coefficient (Wildman–Crippen LogP) is 3.42. The lowest BCUT2D eigenvalue weighted by atomic mass is 10.2. The van der Waals surface area contributed by atoms with Gasteiger partial charge in [0, 0.05) is 6.54 Å². The zero-order chi connectivity index (χ0) is 19.3. The van der Waals surface area contributed by atoms with Crippen LogP contribution in [0, 0.1) is 6.92 Å². The molecule has 7 nitrogen and oxygen atoms in total. The molecule has 0 aliphatic heterocycles. The van der Waals surface area contributed by atoms with Gasteiger partial charge in [0.15, 0.2) is 0 Å². The first kappa shape index (κ1) is 20.0. The molecule has 7 heteroatoms. The van der Waals surface area contributed by atoms with Crippen LogP contribution in [-0.4, -0.2) is 24.7 Å². The summed E-state index contributed by atoms with van der Waals surface area (Å²) in [5, 5.41) is 5.20. The fraction of sp³-hybridized carbons (Fsp3) is 0.200. The second kappa shape index (κ2) is 11.3. The van der Waals surface area contributed by atoms with Gasteiger partial charge in [0.25, 0.3) is 0 Å². The number of aliphatic imine (C=N–C) groups is 1. The van der Waals surface area contributed by atoms with Crippen LogP contribution < -0.4 is 10.6 Å². The highest BCUT2D eigenvalue weighted by atomic mass is 16.6. The number of benzene rings is 2. The molecule has 0 aliphatic rings. The largest absolute Gasteiger partial charge is 0.444 e. The van der Waals surface area contributed by atoms with Crippen molar-refractivity contribution in [3.63, 3.8) is 0 Å². The van der Waals surface area contributed by atoms with Crippen LogP contribution in [0.15, 0.2) is 65.7 Å². The maximum absolute atomic E-state index is 11.9. The summed E-state index contributed by atoms with van der Waals surface area (Å²) in [4.78, 5) is 27.6. The maximum atomic E-state index is 11.9. The Kier molecular flexibility index (Phi) is 8.36. The molecule has 0 aliphatic carbocycles. The Morgan fingerprint density at radius 2 is 1.44 bits per heavy atom. The normalized spacial score (nSPS) is 10.8. The third-order valence-electron chi connectivity index (χ3n) is 3.31. The summed E-state index contributed by atoms with van der Waals surface area (Å²) >= 11 is 0. The summed E-state index contributed by atoms with van der Waals surface area (Å²) in [5.41, 5.74) is 1.68. The van der Waals surface area contributed by atoms with Gasteiger partial charge in [0.2, 0.25) is 5.96 Å². The van der Waals surface area contributed by atoms with Gasteiger partial charge in [-0.3, -0.25) is 5.32 Å². The van der Waals surface area contributed by atoms with Crippen molar-refractivity contribution < 1.29 is 19.1 Å². The maximum Gasteiger partial charge on any atom is 0.437 e. The molecular weight excluding hydrogens is 346 g/mol. The number of nitrogens with zero attached hydrogens (tertiary/aromatic N) is 1. The number of hydrogen-bond acceptors (Lipinski definition) is 4. The van der Waals surface area contributed by atoms with Gasteiger partial charge < -0.3 is 14.8 Å². The topological polar surface area (TPSA) is 89.0 Å². The molecule has 0 spiro atoms. The summed E-state index contributed by atoms with van der Waals surface area (Å²) in [6.45, 7) is 4.30. The number of carbonyl (C=O) groups is 2. The summed E-state index contributed by atoms with van der Waals surface area (Å²) in [7, 11) is 0.